The van der Waals surface area contributed by atoms with E-state index in [9.17, 15) is 8.42 Å². The fourth-order valence-electron chi connectivity index (χ4n) is 1.68. The van der Waals surface area contributed by atoms with Gasteiger partial charge in [0.15, 0.2) is 0 Å². The summed E-state index contributed by atoms with van der Waals surface area (Å²) in [6, 6.07) is 3.24. The van der Waals surface area contributed by atoms with Crippen molar-refractivity contribution in [2.45, 2.75) is 25.3 Å². The first-order valence-electron chi connectivity index (χ1n) is 5.75. The lowest BCUT2D eigenvalue weighted by molar-refractivity contribution is 0.580. The van der Waals surface area contributed by atoms with Crippen LogP contribution in [0.1, 0.15) is 17.0 Å². The highest BCUT2D eigenvalue weighted by Gasteiger charge is 2.18. The van der Waals surface area contributed by atoms with Crippen LogP contribution in [-0.4, -0.2) is 18.4 Å². The van der Waals surface area contributed by atoms with Gasteiger partial charge in [0.1, 0.15) is 10.7 Å². The van der Waals surface area contributed by atoms with Crippen LogP contribution in [0.5, 0.6) is 0 Å². The van der Waals surface area contributed by atoms with Gasteiger partial charge in [-0.3, -0.25) is 0 Å². The van der Waals surface area contributed by atoms with Gasteiger partial charge in [-0.1, -0.05) is 0 Å². The molecule has 4 N–H and O–H groups in total. The molecule has 7 heteroatoms. The molecule has 0 aliphatic heterocycles. The number of aryl methyl sites for hydroxylation is 2. The van der Waals surface area contributed by atoms with E-state index in [-0.39, 0.29) is 17.1 Å². The first-order valence-corrected chi connectivity index (χ1v) is 7.23. The van der Waals surface area contributed by atoms with Gasteiger partial charge < -0.3 is 10.7 Å². The average Bonchev–Trinajstić information content (AvgIpc) is 2.84. The summed E-state index contributed by atoms with van der Waals surface area (Å²) in [5, 5.41) is 0. The summed E-state index contributed by atoms with van der Waals surface area (Å²) in [7, 11) is -3.64. The van der Waals surface area contributed by atoms with Crippen molar-refractivity contribution in [1.82, 2.24) is 14.7 Å². The molecule has 6 nitrogen and oxygen atoms in total. The van der Waals surface area contributed by atoms with Crippen molar-refractivity contribution in [2.75, 3.05) is 5.73 Å². The van der Waals surface area contributed by atoms with Gasteiger partial charge >= 0.3 is 0 Å². The van der Waals surface area contributed by atoms with Crippen LogP contribution in [0.3, 0.4) is 0 Å². The molecule has 0 radical (unpaired) electrons. The molecule has 0 bridgehead atoms. The van der Waals surface area contributed by atoms with Gasteiger partial charge in [0, 0.05) is 12.4 Å². The Morgan fingerprint density at radius 2 is 2.00 bits per heavy atom. The highest BCUT2D eigenvalue weighted by molar-refractivity contribution is 7.89. The van der Waals surface area contributed by atoms with E-state index >= 15 is 0 Å². The van der Waals surface area contributed by atoms with Crippen LogP contribution in [0, 0.1) is 13.8 Å². The summed E-state index contributed by atoms with van der Waals surface area (Å²) in [6.45, 7) is 3.83. The Kier molecular flexibility index (Phi) is 3.59. The summed E-state index contributed by atoms with van der Waals surface area (Å²) in [4.78, 5) is 6.88. The number of nitrogens with zero attached hydrogens (tertiary/aromatic N) is 1. The minimum Gasteiger partial charge on any atom is -0.398 e. The fourth-order valence-corrected chi connectivity index (χ4v) is 2.86. The zero-order valence-electron chi connectivity index (χ0n) is 10.8. The second-order valence-electron chi connectivity index (χ2n) is 4.33. The van der Waals surface area contributed by atoms with Crippen molar-refractivity contribution < 1.29 is 8.42 Å². The first-order chi connectivity index (χ1) is 8.90. The number of anilines is 1. The Hall–Kier alpha value is -1.86. The molecule has 0 aliphatic rings. The molecule has 0 unspecified atom stereocenters. The molecule has 0 amide bonds. The molecule has 0 fully saturated rings. The Morgan fingerprint density at radius 3 is 2.63 bits per heavy atom. The van der Waals surface area contributed by atoms with E-state index in [0.717, 1.165) is 11.1 Å². The van der Waals surface area contributed by atoms with E-state index in [2.05, 4.69) is 14.7 Å². The van der Waals surface area contributed by atoms with Crippen molar-refractivity contribution in [1.29, 1.82) is 0 Å². The van der Waals surface area contributed by atoms with Gasteiger partial charge in [-0.15, -0.1) is 0 Å². The maximum absolute atomic E-state index is 12.2. The van der Waals surface area contributed by atoms with E-state index in [0.29, 0.717) is 5.82 Å². The SMILES string of the molecule is Cc1cc(N)c(S(=O)(=O)NCc2ncc[nH]2)cc1C. The lowest BCUT2D eigenvalue weighted by atomic mass is 10.1. The van der Waals surface area contributed by atoms with Gasteiger partial charge in [-0.25, -0.2) is 18.1 Å². The minimum absolute atomic E-state index is 0.0989. The van der Waals surface area contributed by atoms with Crippen LogP contribution in [-0.2, 0) is 16.6 Å². The largest absolute Gasteiger partial charge is 0.398 e. The van der Waals surface area contributed by atoms with Gasteiger partial charge in [-0.05, 0) is 37.1 Å². The number of aromatic nitrogens is 2. The molecule has 0 atom stereocenters. The van der Waals surface area contributed by atoms with Gasteiger partial charge in [0.25, 0.3) is 0 Å². The number of hydrogen-bond acceptors (Lipinski definition) is 4. The van der Waals surface area contributed by atoms with Crippen molar-refractivity contribution in [3.63, 3.8) is 0 Å². The number of nitrogens with one attached hydrogen (secondary N) is 2. The number of aromatic amines is 1. The molecule has 0 aliphatic carbocycles. The number of hydrogen-bond donors (Lipinski definition) is 3. The second kappa shape index (κ2) is 5.02. The standard InChI is InChI=1S/C12H16N4O2S/c1-8-5-10(13)11(6-9(8)2)19(17,18)16-7-12-14-3-4-15-12/h3-6,16H,7,13H2,1-2H3,(H,14,15). The first kappa shape index (κ1) is 13.6. The predicted octanol–water partition coefficient (Wildman–Crippen LogP) is 1.09. The number of H-pyrrole nitrogens is 1. The number of nitrogen functional groups attached to an aromatic ring is 1. The van der Waals surface area contributed by atoms with Gasteiger partial charge in [0.2, 0.25) is 10.0 Å². The van der Waals surface area contributed by atoms with E-state index < -0.39 is 10.0 Å². The number of rotatable bonds is 4. The summed E-state index contributed by atoms with van der Waals surface area (Å²) in [5.41, 5.74) is 7.87. The van der Waals surface area contributed by atoms with Gasteiger partial charge in [0.05, 0.1) is 12.2 Å². The number of benzene rings is 1. The molecular formula is C12H16N4O2S. The molecule has 0 saturated heterocycles. The second-order valence-corrected chi connectivity index (χ2v) is 6.07. The molecule has 1 aromatic carbocycles. The third kappa shape index (κ3) is 2.94. The monoisotopic (exact) mass is 280 g/mol. The molecule has 0 saturated carbocycles. The predicted molar refractivity (Wildman–Crippen MR) is 72.9 cm³/mol. The third-order valence-corrected chi connectivity index (χ3v) is 4.36. The van der Waals surface area contributed by atoms with Crippen molar-refractivity contribution in [3.05, 3.63) is 41.5 Å². The van der Waals surface area contributed by atoms with Crippen LogP contribution in [0.25, 0.3) is 0 Å². The third-order valence-electron chi connectivity index (χ3n) is 2.90. The molecule has 19 heavy (non-hydrogen) atoms. The van der Waals surface area contributed by atoms with E-state index in [1.165, 1.54) is 0 Å². The highest BCUT2D eigenvalue weighted by Crippen LogP contribution is 2.22. The minimum atomic E-state index is -3.64. The Labute approximate surface area is 112 Å². The number of sulfonamides is 1. The molecule has 1 aromatic heterocycles. The Balaban J connectivity index is 2.27. The van der Waals surface area contributed by atoms with Gasteiger partial charge in [-0.2, -0.15) is 0 Å². The summed E-state index contributed by atoms with van der Waals surface area (Å²) >= 11 is 0. The zero-order chi connectivity index (χ0) is 14.0. The average molecular weight is 280 g/mol. The van der Waals surface area contributed by atoms with Crippen molar-refractivity contribution >= 4 is 15.7 Å². The summed E-state index contributed by atoms with van der Waals surface area (Å²) < 4.78 is 26.8. The normalized spacial score (nSPS) is 11.7. The molecule has 2 aromatic rings. The van der Waals surface area contributed by atoms with Crippen LogP contribution < -0.4 is 10.5 Å². The van der Waals surface area contributed by atoms with E-state index in [1.54, 1.807) is 24.5 Å². The maximum Gasteiger partial charge on any atom is 0.243 e. The molecule has 2 rings (SSSR count). The lowest BCUT2D eigenvalue weighted by Crippen LogP contribution is -2.25. The molecule has 0 spiro atoms. The summed E-state index contributed by atoms with van der Waals surface area (Å²) in [6.07, 6.45) is 3.20. The number of nitrogens with two attached hydrogens (primary N) is 1. The van der Waals surface area contributed by atoms with Crippen molar-refractivity contribution in [3.8, 4) is 0 Å². The molecule has 1 heterocycles. The fraction of sp³-hybridized carbons (Fsp3) is 0.250. The quantitative estimate of drug-likeness (QED) is 0.730. The van der Waals surface area contributed by atoms with Crippen LogP contribution in [0.4, 0.5) is 5.69 Å². The topological polar surface area (TPSA) is 101 Å². The maximum atomic E-state index is 12.2. The smallest absolute Gasteiger partial charge is 0.243 e. The van der Waals surface area contributed by atoms with E-state index in [1.807, 2.05) is 13.8 Å². The lowest BCUT2D eigenvalue weighted by Gasteiger charge is -2.11. The Morgan fingerprint density at radius 1 is 1.32 bits per heavy atom. The van der Waals surface area contributed by atoms with E-state index in [4.69, 9.17) is 5.73 Å². The molecule has 102 valence electrons. The Bertz CT molecular complexity index is 678. The van der Waals surface area contributed by atoms with Crippen LogP contribution >= 0.6 is 0 Å². The van der Waals surface area contributed by atoms with Crippen LogP contribution in [0.15, 0.2) is 29.4 Å². The summed E-state index contributed by atoms with van der Waals surface area (Å²) in [5.74, 6) is 0.547. The highest BCUT2D eigenvalue weighted by atomic mass is 32.2. The van der Waals surface area contributed by atoms with Crippen molar-refractivity contribution in [2.24, 2.45) is 0 Å². The number of imidazole rings is 1. The zero-order valence-corrected chi connectivity index (χ0v) is 11.6. The molecular weight excluding hydrogens is 264 g/mol. The van der Waals surface area contributed by atoms with Crippen LogP contribution in [0.2, 0.25) is 0 Å².